The SMILES string of the molecule is CCNc1cc(N2CCNCC2)nc(N2CCOCC2)n1. The average Bonchev–Trinajstić information content (AvgIpc) is 2.56. The van der Waals surface area contributed by atoms with E-state index in [2.05, 4.69) is 38.4 Å². The molecule has 1 aromatic heterocycles. The fourth-order valence-electron chi connectivity index (χ4n) is 2.65. The van der Waals surface area contributed by atoms with Crippen LogP contribution in [0.15, 0.2) is 6.07 Å². The second-order valence-corrected chi connectivity index (χ2v) is 5.28. The van der Waals surface area contributed by atoms with Crippen molar-refractivity contribution in [2.75, 3.05) is 74.1 Å². The summed E-state index contributed by atoms with van der Waals surface area (Å²) >= 11 is 0. The quantitative estimate of drug-likeness (QED) is 0.819. The molecule has 0 amide bonds. The number of piperazine rings is 1. The Kier molecular flexibility index (Phi) is 4.72. The van der Waals surface area contributed by atoms with E-state index in [0.29, 0.717) is 0 Å². The largest absolute Gasteiger partial charge is 0.378 e. The van der Waals surface area contributed by atoms with Crippen LogP contribution in [0.3, 0.4) is 0 Å². The van der Waals surface area contributed by atoms with E-state index >= 15 is 0 Å². The van der Waals surface area contributed by atoms with Gasteiger partial charge in [-0.1, -0.05) is 0 Å². The van der Waals surface area contributed by atoms with E-state index in [4.69, 9.17) is 9.72 Å². The molecule has 7 heteroatoms. The molecule has 3 rings (SSSR count). The van der Waals surface area contributed by atoms with Crippen molar-refractivity contribution in [3.05, 3.63) is 6.07 Å². The molecule has 0 atom stereocenters. The molecule has 2 aliphatic rings. The summed E-state index contributed by atoms with van der Waals surface area (Å²) in [4.78, 5) is 14.0. The maximum absolute atomic E-state index is 5.41. The second-order valence-electron chi connectivity index (χ2n) is 5.28. The summed E-state index contributed by atoms with van der Waals surface area (Å²) in [5.41, 5.74) is 0. The molecular weight excluding hydrogens is 268 g/mol. The topological polar surface area (TPSA) is 65.5 Å². The maximum atomic E-state index is 5.41. The molecule has 0 unspecified atom stereocenters. The van der Waals surface area contributed by atoms with Gasteiger partial charge in [0.15, 0.2) is 0 Å². The highest BCUT2D eigenvalue weighted by atomic mass is 16.5. The van der Waals surface area contributed by atoms with Crippen molar-refractivity contribution < 1.29 is 4.74 Å². The first kappa shape index (κ1) is 14.3. The van der Waals surface area contributed by atoms with Crippen molar-refractivity contribution in [1.82, 2.24) is 15.3 Å². The molecule has 3 heterocycles. The van der Waals surface area contributed by atoms with Gasteiger partial charge in [-0.15, -0.1) is 0 Å². The molecule has 116 valence electrons. The van der Waals surface area contributed by atoms with E-state index < -0.39 is 0 Å². The van der Waals surface area contributed by atoms with Gasteiger partial charge in [-0.3, -0.25) is 0 Å². The van der Waals surface area contributed by atoms with Gasteiger partial charge in [0.05, 0.1) is 13.2 Å². The van der Waals surface area contributed by atoms with Gasteiger partial charge in [0.1, 0.15) is 11.6 Å². The van der Waals surface area contributed by atoms with Gasteiger partial charge in [0.2, 0.25) is 5.95 Å². The molecule has 21 heavy (non-hydrogen) atoms. The Morgan fingerprint density at radius 2 is 1.90 bits per heavy atom. The standard InChI is InChI=1S/C14H24N6O/c1-2-16-12-11-13(19-5-3-15-4-6-19)18-14(17-12)20-7-9-21-10-8-20/h11,15H,2-10H2,1H3,(H,16,17,18). The zero-order valence-electron chi connectivity index (χ0n) is 12.6. The van der Waals surface area contributed by atoms with Crippen molar-refractivity contribution in [2.24, 2.45) is 0 Å². The number of nitrogens with zero attached hydrogens (tertiary/aromatic N) is 4. The van der Waals surface area contributed by atoms with E-state index in [0.717, 1.165) is 76.6 Å². The van der Waals surface area contributed by atoms with Crippen molar-refractivity contribution in [1.29, 1.82) is 0 Å². The number of hydrogen-bond donors (Lipinski definition) is 2. The molecule has 0 bridgehead atoms. The minimum atomic E-state index is 0.748. The number of hydrogen-bond acceptors (Lipinski definition) is 7. The Bertz CT molecular complexity index is 421. The molecule has 2 N–H and O–H groups in total. The van der Waals surface area contributed by atoms with Gasteiger partial charge in [0.25, 0.3) is 0 Å². The molecule has 2 fully saturated rings. The molecule has 7 nitrogen and oxygen atoms in total. The molecule has 0 saturated carbocycles. The van der Waals surface area contributed by atoms with E-state index in [1.165, 1.54) is 0 Å². The molecule has 2 saturated heterocycles. The Balaban J connectivity index is 1.85. The summed E-state index contributed by atoms with van der Waals surface area (Å²) in [5.74, 6) is 2.73. The van der Waals surface area contributed by atoms with Crippen LogP contribution in [0, 0.1) is 0 Å². The highest BCUT2D eigenvalue weighted by Crippen LogP contribution is 2.21. The predicted molar refractivity (Wildman–Crippen MR) is 84.3 cm³/mol. The van der Waals surface area contributed by atoms with Crippen LogP contribution >= 0.6 is 0 Å². The number of nitrogens with one attached hydrogen (secondary N) is 2. The number of ether oxygens (including phenoxy) is 1. The van der Waals surface area contributed by atoms with Gasteiger partial charge in [-0.25, -0.2) is 0 Å². The average molecular weight is 292 g/mol. The van der Waals surface area contributed by atoms with Crippen LogP contribution in [0.2, 0.25) is 0 Å². The van der Waals surface area contributed by atoms with Gasteiger partial charge in [-0.2, -0.15) is 9.97 Å². The minimum absolute atomic E-state index is 0.748. The van der Waals surface area contributed by atoms with Crippen LogP contribution in [0.5, 0.6) is 0 Å². The summed E-state index contributed by atoms with van der Waals surface area (Å²) < 4.78 is 5.41. The number of aromatic nitrogens is 2. The van der Waals surface area contributed by atoms with Gasteiger partial charge in [0, 0.05) is 51.9 Å². The highest BCUT2D eigenvalue weighted by molar-refractivity contribution is 5.54. The zero-order valence-corrected chi connectivity index (χ0v) is 12.6. The van der Waals surface area contributed by atoms with Gasteiger partial charge >= 0.3 is 0 Å². The Morgan fingerprint density at radius 1 is 1.14 bits per heavy atom. The number of anilines is 3. The van der Waals surface area contributed by atoms with Crippen LogP contribution < -0.4 is 20.4 Å². The lowest BCUT2D eigenvalue weighted by Gasteiger charge is -2.31. The molecule has 1 aromatic rings. The molecule has 0 aliphatic carbocycles. The third-order valence-corrected chi connectivity index (χ3v) is 3.79. The second kappa shape index (κ2) is 6.91. The lowest BCUT2D eigenvalue weighted by Crippen LogP contribution is -2.44. The fourth-order valence-corrected chi connectivity index (χ4v) is 2.65. The van der Waals surface area contributed by atoms with E-state index in [-0.39, 0.29) is 0 Å². The van der Waals surface area contributed by atoms with Crippen molar-refractivity contribution in [3.8, 4) is 0 Å². The smallest absolute Gasteiger partial charge is 0.229 e. The van der Waals surface area contributed by atoms with Crippen LogP contribution in [0.1, 0.15) is 6.92 Å². The normalized spacial score (nSPS) is 19.7. The first-order chi connectivity index (χ1) is 10.4. The Morgan fingerprint density at radius 3 is 2.62 bits per heavy atom. The Hall–Kier alpha value is -1.60. The first-order valence-corrected chi connectivity index (χ1v) is 7.78. The third-order valence-electron chi connectivity index (χ3n) is 3.79. The molecule has 0 aromatic carbocycles. The molecule has 2 aliphatic heterocycles. The summed E-state index contributed by atoms with van der Waals surface area (Å²) in [6.45, 7) is 10.2. The third kappa shape index (κ3) is 3.54. The lowest BCUT2D eigenvalue weighted by molar-refractivity contribution is 0.122. The monoisotopic (exact) mass is 292 g/mol. The summed E-state index contributed by atoms with van der Waals surface area (Å²) in [7, 11) is 0. The van der Waals surface area contributed by atoms with Crippen LogP contribution in [0.25, 0.3) is 0 Å². The fraction of sp³-hybridized carbons (Fsp3) is 0.714. The van der Waals surface area contributed by atoms with Crippen molar-refractivity contribution in [3.63, 3.8) is 0 Å². The summed E-state index contributed by atoms with van der Waals surface area (Å²) in [6, 6.07) is 2.05. The van der Waals surface area contributed by atoms with Crippen molar-refractivity contribution in [2.45, 2.75) is 6.92 Å². The molecule has 0 radical (unpaired) electrons. The van der Waals surface area contributed by atoms with Crippen LogP contribution in [-0.4, -0.2) is 69.0 Å². The maximum Gasteiger partial charge on any atom is 0.229 e. The van der Waals surface area contributed by atoms with E-state index in [1.807, 2.05) is 0 Å². The van der Waals surface area contributed by atoms with E-state index in [9.17, 15) is 0 Å². The predicted octanol–water partition coefficient (Wildman–Crippen LogP) is 0.155. The Labute approximate surface area is 125 Å². The number of rotatable bonds is 4. The van der Waals surface area contributed by atoms with Crippen LogP contribution in [-0.2, 0) is 4.74 Å². The van der Waals surface area contributed by atoms with Crippen molar-refractivity contribution >= 4 is 17.6 Å². The highest BCUT2D eigenvalue weighted by Gasteiger charge is 2.18. The van der Waals surface area contributed by atoms with Crippen LogP contribution in [0.4, 0.5) is 17.6 Å². The summed E-state index contributed by atoms with van der Waals surface area (Å²) in [6.07, 6.45) is 0. The van der Waals surface area contributed by atoms with Gasteiger partial charge in [-0.05, 0) is 6.92 Å². The lowest BCUT2D eigenvalue weighted by atomic mass is 10.3. The molecular formula is C14H24N6O. The van der Waals surface area contributed by atoms with Gasteiger partial charge < -0.3 is 25.2 Å². The minimum Gasteiger partial charge on any atom is -0.378 e. The molecule has 0 spiro atoms. The summed E-state index contributed by atoms with van der Waals surface area (Å²) in [5, 5.41) is 6.69. The number of morpholine rings is 1. The van der Waals surface area contributed by atoms with E-state index in [1.54, 1.807) is 0 Å². The zero-order chi connectivity index (χ0) is 14.5. The first-order valence-electron chi connectivity index (χ1n) is 7.78.